The number of nitrogens with one attached hydrogen (secondary N) is 1. The van der Waals surface area contributed by atoms with Gasteiger partial charge in [0.1, 0.15) is 17.3 Å². The Hall–Kier alpha value is -2.48. The first kappa shape index (κ1) is 21.2. The molecule has 1 amide bonds. The molecule has 1 N–H and O–H groups in total. The lowest BCUT2D eigenvalue weighted by atomic mass is 9.89. The predicted molar refractivity (Wildman–Crippen MR) is 115 cm³/mol. The summed E-state index contributed by atoms with van der Waals surface area (Å²) in [4.78, 5) is 12.5. The van der Waals surface area contributed by atoms with E-state index in [0.29, 0.717) is 29.6 Å². The summed E-state index contributed by atoms with van der Waals surface area (Å²) >= 11 is 1.38. The molecule has 0 atom stereocenters. The number of rotatable bonds is 9. The Kier molecular flexibility index (Phi) is 7.57. The van der Waals surface area contributed by atoms with Crippen molar-refractivity contribution in [2.24, 2.45) is 0 Å². The van der Waals surface area contributed by atoms with Gasteiger partial charge in [-0.25, -0.2) is 0 Å². The average molecular weight is 417 g/mol. The van der Waals surface area contributed by atoms with Crippen LogP contribution in [0.15, 0.2) is 36.0 Å². The highest BCUT2D eigenvalue weighted by molar-refractivity contribution is 7.99. The van der Waals surface area contributed by atoms with Gasteiger partial charge in [-0.3, -0.25) is 4.79 Å². The highest BCUT2D eigenvalue weighted by Crippen LogP contribution is 2.33. The Balaban J connectivity index is 1.65. The van der Waals surface area contributed by atoms with Crippen LogP contribution in [-0.4, -0.2) is 40.6 Å². The van der Waals surface area contributed by atoms with Gasteiger partial charge in [-0.15, -0.1) is 16.8 Å². The minimum absolute atomic E-state index is 0.133. The first-order chi connectivity index (χ1) is 14.2. The van der Waals surface area contributed by atoms with Crippen molar-refractivity contribution >= 4 is 23.4 Å². The van der Waals surface area contributed by atoms with Crippen LogP contribution in [0.5, 0.6) is 11.5 Å². The zero-order valence-electron chi connectivity index (χ0n) is 17.0. The van der Waals surface area contributed by atoms with Crippen molar-refractivity contribution in [1.82, 2.24) is 14.8 Å². The van der Waals surface area contributed by atoms with Crippen LogP contribution >= 0.6 is 11.8 Å². The molecule has 3 rings (SSSR count). The molecule has 1 aromatic carbocycles. The van der Waals surface area contributed by atoms with E-state index < -0.39 is 0 Å². The summed E-state index contributed by atoms with van der Waals surface area (Å²) in [5.74, 6) is 2.78. The number of hydrogen-bond donors (Lipinski definition) is 1. The van der Waals surface area contributed by atoms with E-state index in [9.17, 15) is 4.79 Å². The van der Waals surface area contributed by atoms with Gasteiger partial charge in [-0.2, -0.15) is 0 Å². The smallest absolute Gasteiger partial charge is 0.234 e. The minimum Gasteiger partial charge on any atom is -0.497 e. The molecule has 0 spiro atoms. The van der Waals surface area contributed by atoms with Crippen LogP contribution in [0.3, 0.4) is 0 Å². The molecule has 8 heteroatoms. The summed E-state index contributed by atoms with van der Waals surface area (Å²) in [5.41, 5.74) is 0.606. The molecule has 1 aromatic heterocycles. The van der Waals surface area contributed by atoms with E-state index in [1.165, 1.54) is 31.0 Å². The zero-order chi connectivity index (χ0) is 20.6. The Morgan fingerprint density at radius 2 is 2.07 bits per heavy atom. The largest absolute Gasteiger partial charge is 0.497 e. The van der Waals surface area contributed by atoms with Gasteiger partial charge >= 0.3 is 0 Å². The van der Waals surface area contributed by atoms with E-state index in [4.69, 9.17) is 9.47 Å². The molecule has 1 fully saturated rings. The van der Waals surface area contributed by atoms with Crippen LogP contribution in [-0.2, 0) is 11.3 Å². The quantitative estimate of drug-likeness (QED) is 0.486. The third-order valence-electron chi connectivity index (χ3n) is 5.04. The molecule has 1 aliphatic carbocycles. The van der Waals surface area contributed by atoms with Crippen molar-refractivity contribution in [3.8, 4) is 11.5 Å². The normalized spacial score (nSPS) is 14.4. The van der Waals surface area contributed by atoms with Crippen molar-refractivity contribution in [2.45, 2.75) is 49.7 Å². The van der Waals surface area contributed by atoms with Crippen molar-refractivity contribution in [3.63, 3.8) is 0 Å². The number of aromatic nitrogens is 3. The van der Waals surface area contributed by atoms with Gasteiger partial charge in [0.2, 0.25) is 5.91 Å². The summed E-state index contributed by atoms with van der Waals surface area (Å²) in [6, 6.07) is 5.28. The number of anilines is 1. The van der Waals surface area contributed by atoms with E-state index in [2.05, 4.69) is 26.7 Å². The van der Waals surface area contributed by atoms with E-state index in [1.54, 1.807) is 32.4 Å². The second-order valence-corrected chi connectivity index (χ2v) is 7.92. The van der Waals surface area contributed by atoms with Gasteiger partial charge < -0.3 is 19.4 Å². The maximum absolute atomic E-state index is 12.5. The van der Waals surface area contributed by atoms with Crippen LogP contribution in [0, 0.1) is 0 Å². The third-order valence-corrected chi connectivity index (χ3v) is 6.01. The number of benzene rings is 1. The molecular weight excluding hydrogens is 388 g/mol. The van der Waals surface area contributed by atoms with Gasteiger partial charge in [0, 0.05) is 18.5 Å². The summed E-state index contributed by atoms with van der Waals surface area (Å²) in [7, 11) is 3.15. The highest BCUT2D eigenvalue weighted by atomic mass is 32.2. The molecule has 0 saturated heterocycles. The monoisotopic (exact) mass is 416 g/mol. The number of methoxy groups -OCH3 is 2. The Morgan fingerprint density at radius 3 is 2.76 bits per heavy atom. The molecule has 7 nitrogen and oxygen atoms in total. The maximum atomic E-state index is 12.5. The molecule has 1 heterocycles. The molecule has 29 heavy (non-hydrogen) atoms. The molecule has 0 unspecified atom stereocenters. The Labute approximate surface area is 175 Å². The van der Waals surface area contributed by atoms with E-state index in [0.717, 1.165) is 23.8 Å². The number of allylic oxidation sites excluding steroid dienone is 1. The van der Waals surface area contributed by atoms with Gasteiger partial charge in [0.25, 0.3) is 0 Å². The van der Waals surface area contributed by atoms with Crippen molar-refractivity contribution < 1.29 is 14.3 Å². The van der Waals surface area contributed by atoms with Crippen LogP contribution in [0.25, 0.3) is 0 Å². The fraction of sp³-hybridized carbons (Fsp3) is 0.476. The number of carbonyl (C=O) groups is 1. The van der Waals surface area contributed by atoms with Crippen molar-refractivity contribution in [1.29, 1.82) is 0 Å². The number of amides is 1. The maximum Gasteiger partial charge on any atom is 0.234 e. The zero-order valence-corrected chi connectivity index (χ0v) is 17.8. The first-order valence-electron chi connectivity index (χ1n) is 9.85. The Morgan fingerprint density at radius 1 is 1.28 bits per heavy atom. The molecule has 0 aliphatic heterocycles. The third kappa shape index (κ3) is 5.32. The highest BCUT2D eigenvalue weighted by Gasteiger charge is 2.23. The predicted octanol–water partition coefficient (Wildman–Crippen LogP) is 4.26. The SMILES string of the molecule is C=CCn1c(SCC(=O)Nc2ccc(OC)cc2OC)nnc1C1CCCCC1. The second kappa shape index (κ2) is 10.3. The minimum atomic E-state index is -0.133. The standard InChI is InChI=1S/C21H28N4O3S/c1-4-12-25-20(15-8-6-5-7-9-15)23-24-21(25)29-14-19(26)22-17-11-10-16(27-2)13-18(17)28-3/h4,10-11,13,15H,1,5-9,12,14H2,2-3H3,(H,22,26). The summed E-state index contributed by atoms with van der Waals surface area (Å²) in [5, 5.41) is 12.4. The van der Waals surface area contributed by atoms with E-state index in [1.807, 2.05) is 6.08 Å². The Bertz CT molecular complexity index is 846. The van der Waals surface area contributed by atoms with E-state index in [-0.39, 0.29) is 11.7 Å². The molecule has 2 aromatic rings. The average Bonchev–Trinajstić information content (AvgIpc) is 3.16. The second-order valence-electron chi connectivity index (χ2n) is 6.98. The summed E-state index contributed by atoms with van der Waals surface area (Å²) in [6.07, 6.45) is 7.92. The number of hydrogen-bond acceptors (Lipinski definition) is 6. The van der Waals surface area contributed by atoms with Gasteiger partial charge in [-0.05, 0) is 25.0 Å². The summed E-state index contributed by atoms with van der Waals surface area (Å²) in [6.45, 7) is 4.51. The van der Waals surface area contributed by atoms with Gasteiger partial charge in [0.15, 0.2) is 5.16 Å². The number of thioether (sulfide) groups is 1. The topological polar surface area (TPSA) is 78.3 Å². The molecule has 0 bridgehead atoms. The van der Waals surface area contributed by atoms with Crippen molar-refractivity contribution in [3.05, 3.63) is 36.7 Å². The number of nitrogens with zero attached hydrogens (tertiary/aromatic N) is 3. The molecule has 1 aliphatic rings. The first-order valence-corrected chi connectivity index (χ1v) is 10.8. The number of carbonyl (C=O) groups excluding carboxylic acids is 1. The lowest BCUT2D eigenvalue weighted by Crippen LogP contribution is -2.16. The van der Waals surface area contributed by atoms with Gasteiger partial charge in [-0.1, -0.05) is 37.1 Å². The number of ether oxygens (including phenoxy) is 2. The molecule has 1 saturated carbocycles. The molecular formula is C21H28N4O3S. The van der Waals surface area contributed by atoms with Crippen LogP contribution in [0.1, 0.15) is 43.8 Å². The van der Waals surface area contributed by atoms with Crippen molar-refractivity contribution in [2.75, 3.05) is 25.3 Å². The molecule has 156 valence electrons. The van der Waals surface area contributed by atoms with Gasteiger partial charge in [0.05, 0.1) is 25.7 Å². The lowest BCUT2D eigenvalue weighted by Gasteiger charge is -2.21. The molecule has 0 radical (unpaired) electrons. The summed E-state index contributed by atoms with van der Waals surface area (Å²) < 4.78 is 12.6. The fourth-order valence-electron chi connectivity index (χ4n) is 3.59. The lowest BCUT2D eigenvalue weighted by molar-refractivity contribution is -0.113. The van der Waals surface area contributed by atoms with Crippen LogP contribution < -0.4 is 14.8 Å². The van der Waals surface area contributed by atoms with Crippen LogP contribution in [0.4, 0.5) is 5.69 Å². The van der Waals surface area contributed by atoms with E-state index >= 15 is 0 Å². The van der Waals surface area contributed by atoms with Crippen LogP contribution in [0.2, 0.25) is 0 Å². The fourth-order valence-corrected chi connectivity index (χ4v) is 4.34.